The minimum Gasteiger partial charge on any atom is -0.322 e. The van der Waals surface area contributed by atoms with Crippen LogP contribution in [0.15, 0.2) is 37.1 Å². The van der Waals surface area contributed by atoms with Crippen molar-refractivity contribution < 1.29 is 4.39 Å². The number of aryl methyl sites for hydroxylation is 2. The van der Waals surface area contributed by atoms with E-state index in [9.17, 15) is 4.39 Å². The number of benzene rings is 1. The molecule has 29 heavy (non-hydrogen) atoms. The van der Waals surface area contributed by atoms with E-state index in [0.717, 1.165) is 29.9 Å². The Kier molecular flexibility index (Phi) is 5.23. The fourth-order valence-electron chi connectivity index (χ4n) is 3.82. The predicted octanol–water partition coefficient (Wildman–Crippen LogP) is 3.44. The summed E-state index contributed by atoms with van der Waals surface area (Å²) in [6, 6.07) is 6.26. The second-order valence-electron chi connectivity index (χ2n) is 7.39. The molecule has 0 aliphatic carbocycles. The molecule has 1 aliphatic rings. The summed E-state index contributed by atoms with van der Waals surface area (Å²) < 4.78 is 15.4. The second-order valence-corrected chi connectivity index (χ2v) is 7.39. The zero-order valence-electron chi connectivity index (χ0n) is 16.4. The summed E-state index contributed by atoms with van der Waals surface area (Å²) in [5.74, 6) is 1.16. The number of likely N-dealkylation sites (tertiary alicyclic amines) is 1. The Morgan fingerprint density at radius 3 is 2.59 bits per heavy atom. The summed E-state index contributed by atoms with van der Waals surface area (Å²) in [4.78, 5) is 14.7. The maximum Gasteiger partial charge on any atom is 0.158 e. The van der Waals surface area contributed by atoms with Gasteiger partial charge < -0.3 is 9.88 Å². The van der Waals surface area contributed by atoms with Crippen LogP contribution in [0.25, 0.3) is 5.69 Å². The Hall–Kier alpha value is -3.31. The molecule has 1 saturated heterocycles. The molecule has 1 N–H and O–H groups in total. The van der Waals surface area contributed by atoms with Gasteiger partial charge in [-0.25, -0.2) is 19.3 Å². The molecular weight excluding hydrogens is 369 g/mol. The van der Waals surface area contributed by atoms with Crippen molar-refractivity contribution in [1.29, 1.82) is 5.26 Å². The number of hydrogen-bond donors (Lipinski definition) is 1. The highest BCUT2D eigenvalue weighted by Crippen LogP contribution is 2.25. The number of hydrogen-bond acceptors (Lipinski definition) is 6. The normalized spacial score (nSPS) is 16.7. The number of nitrogens with zero attached hydrogens (tertiary/aromatic N) is 6. The highest BCUT2D eigenvalue weighted by molar-refractivity contribution is 5.54. The van der Waals surface area contributed by atoms with Crippen molar-refractivity contribution in [3.05, 3.63) is 59.4 Å². The monoisotopic (exact) mass is 391 g/mol. The second kappa shape index (κ2) is 7.97. The van der Waals surface area contributed by atoms with Gasteiger partial charge in [-0.05, 0) is 37.0 Å². The van der Waals surface area contributed by atoms with Gasteiger partial charge in [-0.1, -0.05) is 12.1 Å². The first-order valence-corrected chi connectivity index (χ1v) is 9.52. The quantitative estimate of drug-likeness (QED) is 0.717. The van der Waals surface area contributed by atoms with Gasteiger partial charge in [0.2, 0.25) is 0 Å². The van der Waals surface area contributed by atoms with Crippen LogP contribution in [0.2, 0.25) is 0 Å². The Morgan fingerprint density at radius 2 is 1.97 bits per heavy atom. The SMILES string of the molecule is Cc1cc(CN2CCC(F)C2)cc(C)c1-n1cnc(Nc2cnc(C#N)cn2)c1. The molecule has 148 valence electrons. The van der Waals surface area contributed by atoms with Crippen LogP contribution < -0.4 is 5.32 Å². The lowest BCUT2D eigenvalue weighted by Gasteiger charge is -2.18. The lowest BCUT2D eigenvalue weighted by Crippen LogP contribution is -2.20. The fourth-order valence-corrected chi connectivity index (χ4v) is 3.82. The number of aromatic nitrogens is 4. The molecule has 3 heterocycles. The fraction of sp³-hybridized carbons (Fsp3) is 0.333. The minimum absolute atomic E-state index is 0.267. The van der Waals surface area contributed by atoms with E-state index in [2.05, 4.69) is 51.1 Å². The first-order valence-electron chi connectivity index (χ1n) is 9.52. The number of halogens is 1. The van der Waals surface area contributed by atoms with Crippen LogP contribution in [0.5, 0.6) is 0 Å². The molecule has 0 bridgehead atoms. The van der Waals surface area contributed by atoms with Crippen molar-refractivity contribution in [2.45, 2.75) is 33.0 Å². The first-order chi connectivity index (χ1) is 14.0. The molecule has 7 nitrogen and oxygen atoms in total. The summed E-state index contributed by atoms with van der Waals surface area (Å²) in [5.41, 5.74) is 4.81. The topological polar surface area (TPSA) is 82.7 Å². The molecule has 2 aromatic heterocycles. The number of alkyl halides is 1. The highest BCUT2D eigenvalue weighted by atomic mass is 19.1. The predicted molar refractivity (Wildman–Crippen MR) is 108 cm³/mol. The van der Waals surface area contributed by atoms with Crippen molar-refractivity contribution in [3.8, 4) is 11.8 Å². The molecule has 0 amide bonds. The van der Waals surface area contributed by atoms with Crippen LogP contribution in [-0.4, -0.2) is 43.7 Å². The molecule has 0 spiro atoms. The highest BCUT2D eigenvalue weighted by Gasteiger charge is 2.22. The van der Waals surface area contributed by atoms with Gasteiger partial charge in [-0.2, -0.15) is 5.26 Å². The Labute approximate surface area is 168 Å². The van der Waals surface area contributed by atoms with Gasteiger partial charge >= 0.3 is 0 Å². The van der Waals surface area contributed by atoms with Crippen LogP contribution in [-0.2, 0) is 6.54 Å². The van der Waals surface area contributed by atoms with Crippen molar-refractivity contribution in [1.82, 2.24) is 24.4 Å². The number of anilines is 2. The summed E-state index contributed by atoms with van der Waals surface area (Å²) in [6.07, 6.45) is 6.49. The average Bonchev–Trinajstić information content (AvgIpc) is 3.31. The van der Waals surface area contributed by atoms with Gasteiger partial charge in [-0.3, -0.25) is 4.90 Å². The molecule has 1 atom stereocenters. The summed E-state index contributed by atoms with van der Waals surface area (Å²) in [7, 11) is 0. The molecule has 1 fully saturated rings. The zero-order chi connectivity index (χ0) is 20.4. The summed E-state index contributed by atoms with van der Waals surface area (Å²) in [6.45, 7) is 6.26. The molecule has 1 unspecified atom stereocenters. The molecular formula is C21H22FN7. The Bertz CT molecular complexity index is 1030. The minimum atomic E-state index is -0.700. The van der Waals surface area contributed by atoms with Gasteiger partial charge in [0, 0.05) is 19.6 Å². The summed E-state index contributed by atoms with van der Waals surface area (Å²) >= 11 is 0. The smallest absolute Gasteiger partial charge is 0.158 e. The van der Waals surface area contributed by atoms with E-state index in [1.54, 1.807) is 6.33 Å². The third-order valence-electron chi connectivity index (χ3n) is 5.04. The molecule has 1 aliphatic heterocycles. The van der Waals surface area contributed by atoms with Gasteiger partial charge in [0.05, 0.1) is 24.3 Å². The van der Waals surface area contributed by atoms with Crippen molar-refractivity contribution in [2.24, 2.45) is 0 Å². The third-order valence-corrected chi connectivity index (χ3v) is 5.04. The number of rotatable bonds is 5. The number of imidazole rings is 1. The van der Waals surface area contributed by atoms with E-state index in [0.29, 0.717) is 24.6 Å². The van der Waals surface area contributed by atoms with Crippen LogP contribution in [0, 0.1) is 25.2 Å². The van der Waals surface area contributed by atoms with E-state index in [-0.39, 0.29) is 5.69 Å². The van der Waals surface area contributed by atoms with E-state index >= 15 is 0 Å². The van der Waals surface area contributed by atoms with E-state index in [1.807, 2.05) is 16.8 Å². The Balaban J connectivity index is 1.51. The third kappa shape index (κ3) is 4.25. The van der Waals surface area contributed by atoms with Crippen LogP contribution in [0.4, 0.5) is 16.0 Å². The maximum absolute atomic E-state index is 13.4. The van der Waals surface area contributed by atoms with E-state index < -0.39 is 6.17 Å². The Morgan fingerprint density at radius 1 is 1.17 bits per heavy atom. The van der Waals surface area contributed by atoms with Crippen molar-refractivity contribution in [3.63, 3.8) is 0 Å². The van der Waals surface area contributed by atoms with Crippen LogP contribution in [0.1, 0.15) is 28.8 Å². The molecule has 0 saturated carbocycles. The molecule has 8 heteroatoms. The first kappa shape index (κ1) is 19.0. The molecule has 0 radical (unpaired) electrons. The van der Waals surface area contributed by atoms with Crippen LogP contribution in [0.3, 0.4) is 0 Å². The van der Waals surface area contributed by atoms with Crippen LogP contribution >= 0.6 is 0 Å². The number of nitriles is 1. The molecule has 1 aromatic carbocycles. The van der Waals surface area contributed by atoms with Gasteiger partial charge in [-0.15, -0.1) is 0 Å². The summed E-state index contributed by atoms with van der Waals surface area (Å²) in [5, 5.41) is 11.9. The average molecular weight is 391 g/mol. The molecule has 3 aromatic rings. The van der Waals surface area contributed by atoms with Gasteiger partial charge in [0.15, 0.2) is 5.69 Å². The largest absolute Gasteiger partial charge is 0.322 e. The van der Waals surface area contributed by atoms with Crippen molar-refractivity contribution >= 4 is 11.6 Å². The standard InChI is InChI=1S/C21H22FN7/c1-14-5-16(10-28-4-3-17(22)11-28)6-15(2)21(14)29-12-20(26-13-29)27-19-9-24-18(7-23)8-25-19/h5-6,8-9,12-13,17H,3-4,10-11H2,1-2H3,(H,25,27). The van der Waals surface area contributed by atoms with Gasteiger partial charge in [0.1, 0.15) is 30.2 Å². The van der Waals surface area contributed by atoms with Gasteiger partial charge in [0.25, 0.3) is 0 Å². The lowest BCUT2D eigenvalue weighted by molar-refractivity contribution is 0.282. The van der Waals surface area contributed by atoms with Crippen molar-refractivity contribution in [2.75, 3.05) is 18.4 Å². The number of nitrogens with one attached hydrogen (secondary N) is 1. The van der Waals surface area contributed by atoms with E-state index in [1.165, 1.54) is 18.0 Å². The van der Waals surface area contributed by atoms with E-state index in [4.69, 9.17) is 5.26 Å². The molecule has 4 rings (SSSR count). The zero-order valence-corrected chi connectivity index (χ0v) is 16.4. The maximum atomic E-state index is 13.4. The lowest BCUT2D eigenvalue weighted by atomic mass is 10.0.